The third kappa shape index (κ3) is 15.2. The summed E-state index contributed by atoms with van der Waals surface area (Å²) in [7, 11) is 0. The maximum Gasteiger partial charge on any atom is 0.306 e. The van der Waals surface area contributed by atoms with E-state index in [2.05, 4.69) is 51.9 Å². The lowest BCUT2D eigenvalue weighted by Crippen LogP contribution is -2.58. The van der Waals surface area contributed by atoms with Crippen molar-refractivity contribution in [2.24, 2.45) is 10.4 Å². The maximum atomic E-state index is 14.6. The molecule has 414 valence electrons. The predicted octanol–water partition coefficient (Wildman–Crippen LogP) is 9.44. The number of carbonyl (C=O) groups excluding carboxylic acids is 5. The van der Waals surface area contributed by atoms with Crippen molar-refractivity contribution in [2.45, 2.75) is 150 Å². The normalized spacial score (nSPS) is 16.9. The molecule has 17 nitrogen and oxygen atoms in total. The zero-order valence-electron chi connectivity index (χ0n) is 45.8. The van der Waals surface area contributed by atoms with Crippen molar-refractivity contribution >= 4 is 69.6 Å². The van der Waals surface area contributed by atoms with Gasteiger partial charge < -0.3 is 35.1 Å². The van der Waals surface area contributed by atoms with Gasteiger partial charge in [-0.05, 0) is 81.7 Å². The highest BCUT2D eigenvalue weighted by atomic mass is 35.5. The second-order valence-corrected chi connectivity index (χ2v) is 23.5. The Balaban J connectivity index is 0.881. The van der Waals surface area contributed by atoms with Gasteiger partial charge in [-0.15, -0.1) is 32.9 Å². The summed E-state index contributed by atoms with van der Waals surface area (Å²) in [5, 5.41) is 19.4. The number of rotatable bonds is 25. The Morgan fingerprint density at radius 2 is 1.57 bits per heavy atom. The molecule has 5 heterocycles. The van der Waals surface area contributed by atoms with Crippen LogP contribution in [0.2, 0.25) is 5.02 Å². The predicted molar refractivity (Wildman–Crippen MR) is 301 cm³/mol. The SMILES string of the molecule is CCCCCCCC(=O)O[C@@H]1CC(C(=O)N[C@@H](C)c2ccc(-c3scnc3C)cc2)N(C(=O)[C@@H](NC(=O)COCCCOCCNC(=O)C[C@@H]2N=C(c3ccc(Cl)cc3)c3c(sc(C)c3C)-n3c(C)nnc32)C(C)(C)C)C1. The van der Waals surface area contributed by atoms with Crippen molar-refractivity contribution < 1.29 is 38.2 Å². The molecular weight excluding hydrogens is 1040 g/mol. The van der Waals surface area contributed by atoms with E-state index in [0.29, 0.717) is 36.1 Å². The Labute approximate surface area is 465 Å². The first-order valence-electron chi connectivity index (χ1n) is 26.7. The molecule has 0 bridgehead atoms. The molecule has 7 rings (SSSR count). The molecule has 0 saturated carbocycles. The van der Waals surface area contributed by atoms with E-state index >= 15 is 0 Å². The van der Waals surface area contributed by atoms with Crippen molar-refractivity contribution in [1.82, 2.24) is 40.6 Å². The number of fused-ring (bicyclic) bond motifs is 3. The highest BCUT2D eigenvalue weighted by Crippen LogP contribution is 2.40. The number of hydrogen-bond acceptors (Lipinski definition) is 14. The van der Waals surface area contributed by atoms with Crippen LogP contribution in [-0.4, -0.2) is 118 Å². The fraction of sp³-hybridized carbons (Fsp3) is 0.526. The number of aromatic nitrogens is 4. The topological polar surface area (TPSA) is 208 Å². The molecule has 20 heteroatoms. The van der Waals surface area contributed by atoms with Crippen molar-refractivity contribution in [1.29, 1.82) is 0 Å². The monoisotopic (exact) mass is 1110 g/mol. The fourth-order valence-corrected chi connectivity index (χ4v) is 11.7. The molecule has 3 aromatic heterocycles. The van der Waals surface area contributed by atoms with Crippen LogP contribution in [0.5, 0.6) is 0 Å². The quantitative estimate of drug-likeness (QED) is 0.0370. The van der Waals surface area contributed by atoms with E-state index < -0.39 is 47.5 Å². The number of unbranched alkanes of at least 4 members (excludes halogenated alkanes) is 4. The molecule has 0 aliphatic carbocycles. The van der Waals surface area contributed by atoms with Crippen LogP contribution in [0.3, 0.4) is 0 Å². The number of likely N-dealkylation sites (tertiary alicyclic amines) is 1. The highest BCUT2D eigenvalue weighted by Gasteiger charge is 2.46. The number of aryl methyl sites for hydroxylation is 3. The van der Waals surface area contributed by atoms with Gasteiger partial charge in [-0.2, -0.15) is 0 Å². The summed E-state index contributed by atoms with van der Waals surface area (Å²) in [6.07, 6.45) is 5.10. The number of halogens is 1. The Bertz CT molecular complexity index is 2870. The van der Waals surface area contributed by atoms with Crippen LogP contribution in [-0.2, 0) is 38.2 Å². The number of aliphatic imine (C=N–C) groups is 1. The van der Waals surface area contributed by atoms with Gasteiger partial charge in [-0.1, -0.05) is 101 Å². The maximum absolute atomic E-state index is 14.6. The summed E-state index contributed by atoms with van der Waals surface area (Å²) in [6, 6.07) is 12.5. The van der Waals surface area contributed by atoms with Crippen LogP contribution in [0, 0.1) is 33.1 Å². The summed E-state index contributed by atoms with van der Waals surface area (Å²) in [5.41, 5.74) is 7.68. The Morgan fingerprint density at radius 3 is 2.27 bits per heavy atom. The minimum Gasteiger partial charge on any atom is -0.460 e. The van der Waals surface area contributed by atoms with Gasteiger partial charge in [0.15, 0.2) is 5.82 Å². The molecule has 0 spiro atoms. The summed E-state index contributed by atoms with van der Waals surface area (Å²) in [5.74, 6) is -0.588. The van der Waals surface area contributed by atoms with E-state index in [1.54, 1.807) is 22.7 Å². The van der Waals surface area contributed by atoms with Gasteiger partial charge >= 0.3 is 5.97 Å². The zero-order valence-corrected chi connectivity index (χ0v) is 48.2. The van der Waals surface area contributed by atoms with Crippen LogP contribution in [0.1, 0.15) is 149 Å². The van der Waals surface area contributed by atoms with Gasteiger partial charge in [0.1, 0.15) is 41.7 Å². The Kier molecular flexibility index (Phi) is 20.7. The van der Waals surface area contributed by atoms with E-state index in [4.69, 9.17) is 30.8 Å². The molecule has 3 N–H and O–H groups in total. The van der Waals surface area contributed by atoms with Gasteiger partial charge in [-0.3, -0.25) is 33.5 Å². The lowest BCUT2D eigenvalue weighted by molar-refractivity contribution is -0.150. The molecule has 2 aliphatic rings. The molecule has 5 atom stereocenters. The summed E-state index contributed by atoms with van der Waals surface area (Å²) in [4.78, 5) is 81.9. The lowest BCUT2D eigenvalue weighted by atomic mass is 9.85. The van der Waals surface area contributed by atoms with Gasteiger partial charge in [0.2, 0.25) is 23.6 Å². The summed E-state index contributed by atoms with van der Waals surface area (Å²) in [6.45, 7) is 18.3. The van der Waals surface area contributed by atoms with E-state index in [0.717, 1.165) is 79.7 Å². The number of nitrogens with one attached hydrogen (secondary N) is 3. The van der Waals surface area contributed by atoms with Crippen LogP contribution in [0.15, 0.2) is 59.0 Å². The molecule has 1 saturated heterocycles. The number of thiophene rings is 1. The number of ether oxygens (including phenoxy) is 3. The molecular formula is C57H74ClN9O8S2. The van der Waals surface area contributed by atoms with Crippen LogP contribution < -0.4 is 16.0 Å². The van der Waals surface area contributed by atoms with Gasteiger partial charge in [0.05, 0.1) is 47.4 Å². The van der Waals surface area contributed by atoms with Gasteiger partial charge in [0, 0.05) is 53.6 Å². The minimum atomic E-state index is -1.02. The third-order valence-corrected chi connectivity index (χ3v) is 16.4. The smallest absolute Gasteiger partial charge is 0.306 e. The van der Waals surface area contributed by atoms with E-state index in [1.807, 2.05) is 100 Å². The molecule has 4 amide bonds. The molecule has 1 unspecified atom stereocenters. The second kappa shape index (κ2) is 27.1. The number of esters is 1. The number of thiazole rings is 1. The fourth-order valence-electron chi connectivity index (χ4n) is 9.58. The first kappa shape index (κ1) is 58.8. The summed E-state index contributed by atoms with van der Waals surface area (Å²) >= 11 is 9.47. The Hall–Kier alpha value is -5.86. The Morgan fingerprint density at radius 1 is 0.857 bits per heavy atom. The molecule has 5 aromatic rings. The van der Waals surface area contributed by atoms with E-state index in [9.17, 15) is 24.0 Å². The zero-order chi connectivity index (χ0) is 55.4. The molecule has 0 radical (unpaired) electrons. The average Bonchev–Trinajstić information content (AvgIpc) is 4.23. The van der Waals surface area contributed by atoms with Crippen LogP contribution >= 0.6 is 34.3 Å². The van der Waals surface area contributed by atoms with Crippen molar-refractivity contribution in [3.8, 4) is 15.4 Å². The van der Waals surface area contributed by atoms with Crippen molar-refractivity contribution in [2.75, 3.05) is 39.5 Å². The largest absolute Gasteiger partial charge is 0.460 e. The standard InChI is InChI=1S/C57H74ClN9O8S2/c1-10-11-12-13-14-16-48(70)75-43-29-45(54(71)61-35(3)39-17-19-41(20-18-39)51-36(4)60-33-76-51)66(31-43)55(72)52(57(7,8)9)63-47(69)32-74-27-15-26-73-28-25-59-46(68)30-44-53-65-64-38(6)67(53)56-49(34(2)37(5)77-56)50(62-44)40-21-23-42(58)24-22-40/h17-24,33,35,43-45,52H,10-16,25-32H2,1-9H3,(H,59,68)(H,61,71)(H,63,69)/t35-,43+,44-,45?,52+/m0/s1. The van der Waals surface area contributed by atoms with Crippen LogP contribution in [0.4, 0.5) is 0 Å². The number of carbonyl (C=O) groups is 5. The van der Waals surface area contributed by atoms with E-state index in [-0.39, 0.29) is 70.0 Å². The van der Waals surface area contributed by atoms with E-state index in [1.165, 1.54) is 4.90 Å². The molecule has 2 aliphatic heterocycles. The summed E-state index contributed by atoms with van der Waals surface area (Å²) < 4.78 is 19.4. The lowest BCUT2D eigenvalue weighted by Gasteiger charge is -2.35. The number of amides is 4. The first-order chi connectivity index (χ1) is 36.8. The molecule has 1 fully saturated rings. The second-order valence-electron chi connectivity index (χ2n) is 21.0. The highest BCUT2D eigenvalue weighted by molar-refractivity contribution is 7.15. The third-order valence-electron chi connectivity index (χ3n) is 13.9. The average molecular weight is 1110 g/mol. The van der Waals surface area contributed by atoms with Gasteiger partial charge in [0.25, 0.3) is 0 Å². The van der Waals surface area contributed by atoms with Gasteiger partial charge in [-0.25, -0.2) is 4.98 Å². The number of nitrogens with zero attached hydrogens (tertiary/aromatic N) is 6. The minimum absolute atomic E-state index is 0.0130. The number of benzene rings is 2. The van der Waals surface area contributed by atoms with Crippen molar-refractivity contribution in [3.63, 3.8) is 0 Å². The first-order valence-corrected chi connectivity index (χ1v) is 28.8. The van der Waals surface area contributed by atoms with Crippen LogP contribution in [0.25, 0.3) is 15.4 Å². The van der Waals surface area contributed by atoms with Crippen molar-refractivity contribution in [3.05, 3.63) is 104 Å². The molecule has 2 aromatic carbocycles. The number of hydrogen-bond donors (Lipinski definition) is 3. The molecule has 77 heavy (non-hydrogen) atoms.